The second-order valence-corrected chi connectivity index (χ2v) is 8.04. The molecule has 1 amide bonds. The number of fused-ring (bicyclic) bond motifs is 1. The normalized spacial score (nSPS) is 12.8. The van der Waals surface area contributed by atoms with Crippen LogP contribution in [0.25, 0.3) is 11.3 Å². The highest BCUT2D eigenvalue weighted by molar-refractivity contribution is 5.98. The van der Waals surface area contributed by atoms with E-state index >= 15 is 0 Å². The molecule has 1 aliphatic heterocycles. The Hall–Kier alpha value is -4.26. The van der Waals surface area contributed by atoms with E-state index in [0.29, 0.717) is 23.9 Å². The largest absolute Gasteiger partial charge is 0.482 e. The summed E-state index contributed by atoms with van der Waals surface area (Å²) in [4.78, 5) is 27.8. The molecule has 33 heavy (non-hydrogen) atoms. The van der Waals surface area contributed by atoms with E-state index in [1.54, 1.807) is 17.3 Å². The standard InChI is InChI=1S/C26H23N5O2/c1-17-11-18(2)13-21(12-17)29-26-28-10-8-22(30-26)19-6-7-24-23(14-19)31(25(32)16-33-24)15-20-5-3-4-9-27-20/h3-14H,15-16H2,1-2H3,(H,28,29,30). The predicted octanol–water partition coefficient (Wildman–Crippen LogP) is 4.82. The summed E-state index contributed by atoms with van der Waals surface area (Å²) < 4.78 is 5.66. The summed E-state index contributed by atoms with van der Waals surface area (Å²) in [7, 11) is 0. The van der Waals surface area contributed by atoms with Gasteiger partial charge in [-0.15, -0.1) is 0 Å². The molecule has 0 unspecified atom stereocenters. The molecule has 7 heteroatoms. The van der Waals surface area contributed by atoms with Crippen molar-refractivity contribution in [1.82, 2.24) is 15.0 Å². The minimum Gasteiger partial charge on any atom is -0.482 e. The van der Waals surface area contributed by atoms with Crippen LogP contribution >= 0.6 is 0 Å². The molecule has 2 aromatic carbocycles. The van der Waals surface area contributed by atoms with Crippen LogP contribution in [0.1, 0.15) is 16.8 Å². The molecule has 3 heterocycles. The molecule has 0 atom stereocenters. The molecule has 0 spiro atoms. The molecule has 0 bridgehead atoms. The predicted molar refractivity (Wildman–Crippen MR) is 128 cm³/mol. The molecule has 1 N–H and O–H groups in total. The quantitative estimate of drug-likeness (QED) is 0.482. The lowest BCUT2D eigenvalue weighted by Gasteiger charge is -2.29. The third-order valence-corrected chi connectivity index (χ3v) is 5.38. The Labute approximate surface area is 192 Å². The minimum atomic E-state index is -0.106. The smallest absolute Gasteiger partial charge is 0.265 e. The van der Waals surface area contributed by atoms with E-state index in [0.717, 1.165) is 22.6 Å². The van der Waals surface area contributed by atoms with Crippen LogP contribution in [0.4, 0.5) is 17.3 Å². The van der Waals surface area contributed by atoms with Gasteiger partial charge in [0.2, 0.25) is 5.95 Å². The Kier molecular flexibility index (Phi) is 5.44. The summed E-state index contributed by atoms with van der Waals surface area (Å²) in [5.74, 6) is 1.06. The molecule has 0 saturated carbocycles. The number of nitrogens with one attached hydrogen (secondary N) is 1. The maximum Gasteiger partial charge on any atom is 0.265 e. The Morgan fingerprint density at radius 2 is 1.82 bits per heavy atom. The van der Waals surface area contributed by atoms with Crippen LogP contribution in [-0.2, 0) is 11.3 Å². The van der Waals surface area contributed by atoms with E-state index < -0.39 is 0 Å². The molecule has 0 radical (unpaired) electrons. The molecular weight excluding hydrogens is 414 g/mol. The summed E-state index contributed by atoms with van der Waals surface area (Å²) in [6.07, 6.45) is 3.45. The second-order valence-electron chi connectivity index (χ2n) is 8.04. The zero-order valence-electron chi connectivity index (χ0n) is 18.4. The lowest BCUT2D eigenvalue weighted by atomic mass is 10.1. The van der Waals surface area contributed by atoms with E-state index in [-0.39, 0.29) is 12.5 Å². The van der Waals surface area contributed by atoms with E-state index in [9.17, 15) is 4.79 Å². The molecule has 0 saturated heterocycles. The third-order valence-electron chi connectivity index (χ3n) is 5.38. The second kappa shape index (κ2) is 8.70. The van der Waals surface area contributed by atoms with Gasteiger partial charge in [-0.2, -0.15) is 0 Å². The maximum atomic E-state index is 12.7. The van der Waals surface area contributed by atoms with Crippen LogP contribution in [-0.4, -0.2) is 27.5 Å². The van der Waals surface area contributed by atoms with Gasteiger partial charge in [-0.1, -0.05) is 12.1 Å². The zero-order chi connectivity index (χ0) is 22.8. The number of hydrogen-bond acceptors (Lipinski definition) is 6. The van der Waals surface area contributed by atoms with Gasteiger partial charge in [0.1, 0.15) is 5.75 Å². The number of aromatic nitrogens is 3. The molecular formula is C26H23N5O2. The minimum absolute atomic E-state index is 0.0106. The van der Waals surface area contributed by atoms with Crippen molar-refractivity contribution in [3.63, 3.8) is 0 Å². The number of ether oxygens (including phenoxy) is 1. The highest BCUT2D eigenvalue weighted by atomic mass is 16.5. The van der Waals surface area contributed by atoms with Gasteiger partial charge < -0.3 is 10.1 Å². The fourth-order valence-electron chi connectivity index (χ4n) is 3.94. The van der Waals surface area contributed by atoms with Gasteiger partial charge in [0.15, 0.2) is 6.61 Å². The fourth-order valence-corrected chi connectivity index (χ4v) is 3.94. The van der Waals surface area contributed by atoms with E-state index in [1.165, 1.54) is 11.1 Å². The van der Waals surface area contributed by atoms with Crippen LogP contribution in [0.15, 0.2) is 73.1 Å². The van der Waals surface area contributed by atoms with Crippen LogP contribution in [0.2, 0.25) is 0 Å². The van der Waals surface area contributed by atoms with Crippen molar-refractivity contribution in [3.05, 3.63) is 89.9 Å². The monoisotopic (exact) mass is 437 g/mol. The van der Waals surface area contributed by atoms with Crippen molar-refractivity contribution in [2.24, 2.45) is 0 Å². The third kappa shape index (κ3) is 4.52. The van der Waals surface area contributed by atoms with Gasteiger partial charge in [0.05, 0.1) is 23.6 Å². The molecule has 164 valence electrons. The number of nitrogens with zero attached hydrogens (tertiary/aromatic N) is 4. The first-order valence-electron chi connectivity index (χ1n) is 10.7. The molecule has 2 aromatic heterocycles. The highest BCUT2D eigenvalue weighted by Gasteiger charge is 2.26. The van der Waals surface area contributed by atoms with Crippen molar-refractivity contribution in [3.8, 4) is 17.0 Å². The molecule has 0 aliphatic carbocycles. The molecule has 0 fully saturated rings. The zero-order valence-corrected chi connectivity index (χ0v) is 18.4. The summed E-state index contributed by atoms with van der Waals surface area (Å²) >= 11 is 0. The first kappa shape index (κ1) is 20.6. The topological polar surface area (TPSA) is 80.2 Å². The summed E-state index contributed by atoms with van der Waals surface area (Å²) in [5, 5.41) is 3.29. The van der Waals surface area contributed by atoms with E-state index in [1.807, 2.05) is 42.5 Å². The van der Waals surface area contributed by atoms with Crippen LogP contribution < -0.4 is 15.0 Å². The number of aryl methyl sites for hydroxylation is 2. The van der Waals surface area contributed by atoms with Gasteiger partial charge >= 0.3 is 0 Å². The Morgan fingerprint density at radius 1 is 0.970 bits per heavy atom. The number of carbonyl (C=O) groups excluding carboxylic acids is 1. The molecule has 4 aromatic rings. The van der Waals surface area contributed by atoms with E-state index in [4.69, 9.17) is 9.72 Å². The van der Waals surface area contributed by atoms with E-state index in [2.05, 4.69) is 47.3 Å². The number of benzene rings is 2. The fraction of sp³-hybridized carbons (Fsp3) is 0.154. The number of anilines is 3. The van der Waals surface area contributed by atoms with Crippen molar-refractivity contribution in [2.75, 3.05) is 16.8 Å². The van der Waals surface area contributed by atoms with Crippen molar-refractivity contribution in [2.45, 2.75) is 20.4 Å². The average Bonchev–Trinajstić information content (AvgIpc) is 2.81. The van der Waals surface area contributed by atoms with Gasteiger partial charge in [-0.25, -0.2) is 9.97 Å². The van der Waals surface area contributed by atoms with Gasteiger partial charge in [0, 0.05) is 23.6 Å². The van der Waals surface area contributed by atoms with Crippen LogP contribution in [0.5, 0.6) is 5.75 Å². The van der Waals surface area contributed by atoms with Crippen LogP contribution in [0, 0.1) is 13.8 Å². The van der Waals surface area contributed by atoms with Crippen molar-refractivity contribution in [1.29, 1.82) is 0 Å². The summed E-state index contributed by atoms with van der Waals surface area (Å²) in [6, 6.07) is 19.5. The molecule has 1 aliphatic rings. The lowest BCUT2D eigenvalue weighted by Crippen LogP contribution is -2.38. The van der Waals surface area contributed by atoms with Gasteiger partial charge in [-0.05, 0) is 73.5 Å². The summed E-state index contributed by atoms with van der Waals surface area (Å²) in [5.41, 5.74) is 6.40. The number of pyridine rings is 1. The van der Waals surface area contributed by atoms with Crippen molar-refractivity contribution < 1.29 is 9.53 Å². The number of hydrogen-bond donors (Lipinski definition) is 1. The Bertz CT molecular complexity index is 1300. The Morgan fingerprint density at radius 3 is 2.61 bits per heavy atom. The average molecular weight is 438 g/mol. The number of amides is 1. The number of rotatable bonds is 5. The van der Waals surface area contributed by atoms with Gasteiger partial charge in [-0.3, -0.25) is 14.7 Å². The first-order chi connectivity index (χ1) is 16.0. The summed E-state index contributed by atoms with van der Waals surface area (Å²) in [6.45, 7) is 4.50. The molecule has 5 rings (SSSR count). The SMILES string of the molecule is Cc1cc(C)cc(Nc2nccc(-c3ccc4c(c3)N(Cc3ccccn3)C(=O)CO4)n2)c1. The van der Waals surface area contributed by atoms with Gasteiger partial charge in [0.25, 0.3) is 5.91 Å². The molecule has 7 nitrogen and oxygen atoms in total. The van der Waals surface area contributed by atoms with Crippen LogP contribution in [0.3, 0.4) is 0 Å². The first-order valence-corrected chi connectivity index (χ1v) is 10.7. The van der Waals surface area contributed by atoms with Crippen molar-refractivity contribution >= 4 is 23.2 Å². The lowest BCUT2D eigenvalue weighted by molar-refractivity contribution is -0.121. The Balaban J connectivity index is 1.46. The highest BCUT2D eigenvalue weighted by Crippen LogP contribution is 2.36. The maximum absolute atomic E-state index is 12.7. The number of carbonyl (C=O) groups is 1.